The number of anilines is 2. The van der Waals surface area contributed by atoms with Crippen molar-refractivity contribution >= 4 is 22.9 Å². The Kier molecular flexibility index (Phi) is 4.50. The number of carbonyl (C=O) groups excluding carboxylic acids is 1. The van der Waals surface area contributed by atoms with Crippen LogP contribution in [0.25, 0.3) is 5.57 Å². The molecule has 2 aromatic carbocycles. The third-order valence-corrected chi connectivity index (χ3v) is 4.56. The molecule has 0 bridgehead atoms. The molecule has 25 heavy (non-hydrogen) atoms. The fourth-order valence-corrected chi connectivity index (χ4v) is 3.16. The van der Waals surface area contributed by atoms with Crippen molar-refractivity contribution in [1.82, 2.24) is 4.90 Å². The Balaban J connectivity index is 1.42. The molecule has 128 valence electrons. The molecule has 1 fully saturated rings. The van der Waals surface area contributed by atoms with Gasteiger partial charge in [0, 0.05) is 42.8 Å². The standard InChI is InChI=1S/C20H21N3O2/c24-20-18(17-3-1-2-4-19(17)22-20)13-21-16-7-5-15(6-8-16)14-23-9-11-25-12-10-23/h1-8,13,21H,9-12,14H2,(H,22,24). The summed E-state index contributed by atoms with van der Waals surface area (Å²) in [7, 11) is 0. The number of carbonyl (C=O) groups is 1. The van der Waals surface area contributed by atoms with E-state index >= 15 is 0 Å². The number of ether oxygens (including phenoxy) is 1. The molecule has 0 saturated carbocycles. The van der Waals surface area contributed by atoms with Gasteiger partial charge in [0.1, 0.15) is 0 Å². The number of fused-ring (bicyclic) bond motifs is 1. The highest BCUT2D eigenvalue weighted by molar-refractivity contribution is 6.31. The van der Waals surface area contributed by atoms with Gasteiger partial charge in [0.2, 0.25) is 0 Å². The molecule has 2 N–H and O–H groups in total. The van der Waals surface area contributed by atoms with Gasteiger partial charge in [-0.05, 0) is 23.8 Å². The Morgan fingerprint density at radius 1 is 1.08 bits per heavy atom. The van der Waals surface area contributed by atoms with E-state index in [0.29, 0.717) is 5.57 Å². The van der Waals surface area contributed by atoms with Crippen LogP contribution in [-0.4, -0.2) is 37.1 Å². The molecule has 4 rings (SSSR count). The van der Waals surface area contributed by atoms with E-state index in [2.05, 4.69) is 27.7 Å². The highest BCUT2D eigenvalue weighted by Gasteiger charge is 2.23. The summed E-state index contributed by atoms with van der Waals surface area (Å²) in [6.45, 7) is 4.55. The molecule has 0 aliphatic carbocycles. The molecular weight excluding hydrogens is 314 g/mol. The number of nitrogens with zero attached hydrogens (tertiary/aromatic N) is 1. The molecule has 2 aliphatic rings. The Morgan fingerprint density at radius 3 is 2.64 bits per heavy atom. The quantitative estimate of drug-likeness (QED) is 0.844. The minimum atomic E-state index is -0.0716. The number of para-hydroxylation sites is 1. The summed E-state index contributed by atoms with van der Waals surface area (Å²) in [5.41, 5.74) is 4.71. The third kappa shape index (κ3) is 3.57. The number of amides is 1. The van der Waals surface area contributed by atoms with Crippen molar-refractivity contribution in [2.45, 2.75) is 6.54 Å². The molecule has 2 aliphatic heterocycles. The Bertz CT molecular complexity index is 793. The van der Waals surface area contributed by atoms with Crippen LogP contribution in [0.5, 0.6) is 0 Å². The maximum Gasteiger partial charge on any atom is 0.257 e. The predicted octanol–water partition coefficient (Wildman–Crippen LogP) is 2.92. The van der Waals surface area contributed by atoms with Crippen LogP contribution in [0.1, 0.15) is 11.1 Å². The average molecular weight is 335 g/mol. The van der Waals surface area contributed by atoms with E-state index in [1.807, 2.05) is 36.4 Å². The van der Waals surface area contributed by atoms with Crippen LogP contribution in [-0.2, 0) is 16.1 Å². The van der Waals surface area contributed by atoms with Gasteiger partial charge in [0.05, 0.1) is 18.8 Å². The minimum absolute atomic E-state index is 0.0716. The zero-order valence-corrected chi connectivity index (χ0v) is 14.0. The van der Waals surface area contributed by atoms with E-state index in [4.69, 9.17) is 4.74 Å². The fraction of sp³-hybridized carbons (Fsp3) is 0.250. The van der Waals surface area contributed by atoms with E-state index in [0.717, 1.165) is 49.8 Å². The average Bonchev–Trinajstić information content (AvgIpc) is 2.97. The number of hydrogen-bond donors (Lipinski definition) is 2. The van der Waals surface area contributed by atoms with Gasteiger partial charge in [-0.25, -0.2) is 0 Å². The highest BCUT2D eigenvalue weighted by atomic mass is 16.5. The molecular formula is C20H21N3O2. The van der Waals surface area contributed by atoms with Crippen molar-refractivity contribution in [2.75, 3.05) is 36.9 Å². The van der Waals surface area contributed by atoms with Crippen molar-refractivity contribution < 1.29 is 9.53 Å². The van der Waals surface area contributed by atoms with Crippen LogP contribution in [0, 0.1) is 0 Å². The second-order valence-electron chi connectivity index (χ2n) is 6.29. The first-order chi connectivity index (χ1) is 12.3. The lowest BCUT2D eigenvalue weighted by molar-refractivity contribution is -0.110. The van der Waals surface area contributed by atoms with Gasteiger partial charge in [-0.15, -0.1) is 0 Å². The number of hydrogen-bond acceptors (Lipinski definition) is 4. The Labute approximate surface area is 147 Å². The maximum atomic E-state index is 12.1. The summed E-state index contributed by atoms with van der Waals surface area (Å²) in [5, 5.41) is 6.11. The van der Waals surface area contributed by atoms with E-state index in [-0.39, 0.29) is 5.91 Å². The molecule has 1 amide bonds. The highest BCUT2D eigenvalue weighted by Crippen LogP contribution is 2.31. The normalized spacial score (nSPS) is 18.9. The topological polar surface area (TPSA) is 53.6 Å². The SMILES string of the molecule is O=C1Nc2ccccc2C1=CNc1ccc(CN2CCOCC2)cc1. The number of benzene rings is 2. The maximum absolute atomic E-state index is 12.1. The molecule has 0 aromatic heterocycles. The molecule has 0 unspecified atom stereocenters. The van der Waals surface area contributed by atoms with Gasteiger partial charge in [0.15, 0.2) is 0 Å². The second kappa shape index (κ2) is 7.09. The van der Waals surface area contributed by atoms with E-state index < -0.39 is 0 Å². The summed E-state index contributed by atoms with van der Waals surface area (Å²) in [6, 6.07) is 16.1. The molecule has 2 aromatic rings. The van der Waals surface area contributed by atoms with Crippen LogP contribution in [0.2, 0.25) is 0 Å². The van der Waals surface area contributed by atoms with Crippen molar-refractivity contribution in [3.8, 4) is 0 Å². The largest absolute Gasteiger partial charge is 0.379 e. The molecule has 0 radical (unpaired) electrons. The second-order valence-corrected chi connectivity index (χ2v) is 6.29. The Morgan fingerprint density at radius 2 is 1.84 bits per heavy atom. The molecule has 5 heteroatoms. The van der Waals surface area contributed by atoms with Crippen LogP contribution in [0.15, 0.2) is 54.7 Å². The monoisotopic (exact) mass is 335 g/mol. The van der Waals surface area contributed by atoms with Gasteiger partial charge in [-0.2, -0.15) is 0 Å². The first-order valence-electron chi connectivity index (χ1n) is 8.56. The van der Waals surface area contributed by atoms with Crippen LogP contribution in [0.3, 0.4) is 0 Å². The van der Waals surface area contributed by atoms with Crippen molar-refractivity contribution in [2.24, 2.45) is 0 Å². The van der Waals surface area contributed by atoms with Crippen molar-refractivity contribution in [1.29, 1.82) is 0 Å². The smallest absolute Gasteiger partial charge is 0.257 e. The van der Waals surface area contributed by atoms with Gasteiger partial charge in [-0.1, -0.05) is 30.3 Å². The van der Waals surface area contributed by atoms with E-state index in [1.165, 1.54) is 5.56 Å². The molecule has 2 heterocycles. The number of morpholine rings is 1. The lowest BCUT2D eigenvalue weighted by Crippen LogP contribution is -2.35. The van der Waals surface area contributed by atoms with Gasteiger partial charge < -0.3 is 15.4 Å². The van der Waals surface area contributed by atoms with E-state index in [9.17, 15) is 4.79 Å². The van der Waals surface area contributed by atoms with Crippen LogP contribution >= 0.6 is 0 Å². The van der Waals surface area contributed by atoms with Crippen molar-refractivity contribution in [3.63, 3.8) is 0 Å². The number of rotatable bonds is 4. The van der Waals surface area contributed by atoms with Gasteiger partial charge in [-0.3, -0.25) is 9.69 Å². The summed E-state index contributed by atoms with van der Waals surface area (Å²) < 4.78 is 5.38. The summed E-state index contributed by atoms with van der Waals surface area (Å²) >= 11 is 0. The molecule has 0 spiro atoms. The summed E-state index contributed by atoms with van der Waals surface area (Å²) in [4.78, 5) is 14.5. The lowest BCUT2D eigenvalue weighted by Gasteiger charge is -2.26. The van der Waals surface area contributed by atoms with Crippen molar-refractivity contribution in [3.05, 3.63) is 65.9 Å². The molecule has 1 saturated heterocycles. The zero-order valence-electron chi connectivity index (χ0n) is 14.0. The molecule has 5 nitrogen and oxygen atoms in total. The van der Waals surface area contributed by atoms with Crippen LogP contribution in [0.4, 0.5) is 11.4 Å². The first-order valence-corrected chi connectivity index (χ1v) is 8.56. The van der Waals surface area contributed by atoms with Crippen LogP contribution < -0.4 is 10.6 Å². The third-order valence-electron chi connectivity index (χ3n) is 4.56. The fourth-order valence-electron chi connectivity index (χ4n) is 3.16. The molecule has 0 atom stereocenters. The summed E-state index contributed by atoms with van der Waals surface area (Å²) in [5.74, 6) is -0.0716. The van der Waals surface area contributed by atoms with Gasteiger partial charge >= 0.3 is 0 Å². The Hall–Kier alpha value is -2.63. The predicted molar refractivity (Wildman–Crippen MR) is 99.2 cm³/mol. The summed E-state index contributed by atoms with van der Waals surface area (Å²) in [6.07, 6.45) is 1.78. The first kappa shape index (κ1) is 15.9. The number of nitrogens with one attached hydrogen (secondary N) is 2. The minimum Gasteiger partial charge on any atom is -0.379 e. The van der Waals surface area contributed by atoms with Gasteiger partial charge in [0.25, 0.3) is 5.91 Å². The van der Waals surface area contributed by atoms with E-state index in [1.54, 1.807) is 6.20 Å². The lowest BCUT2D eigenvalue weighted by atomic mass is 10.1. The zero-order chi connectivity index (χ0) is 17.1.